The zero-order valence-electron chi connectivity index (χ0n) is 11.2. The van der Waals surface area contributed by atoms with Crippen molar-refractivity contribution >= 4 is 6.08 Å². The van der Waals surface area contributed by atoms with E-state index < -0.39 is 6.10 Å². The number of hydrogen-bond donors (Lipinski definition) is 3. The number of aliphatic hydroxyl groups excluding tert-OH is 3. The molecule has 1 atom stereocenters. The summed E-state index contributed by atoms with van der Waals surface area (Å²) in [4.78, 5) is 0. The molecule has 0 saturated carbocycles. The Balaban J connectivity index is 2.55. The first-order valence-electron chi connectivity index (χ1n) is 6.54. The summed E-state index contributed by atoms with van der Waals surface area (Å²) in [6.07, 6.45) is 6.82. The third-order valence-corrected chi connectivity index (χ3v) is 2.86. The lowest BCUT2D eigenvalue weighted by Gasteiger charge is -2.07. The van der Waals surface area contributed by atoms with Gasteiger partial charge in [0.15, 0.2) is 0 Å². The summed E-state index contributed by atoms with van der Waals surface area (Å²) in [6, 6.07) is 3.57. The molecule has 0 amide bonds. The summed E-state index contributed by atoms with van der Waals surface area (Å²) in [5.74, 6) is 1.27. The van der Waals surface area contributed by atoms with Gasteiger partial charge < -0.3 is 19.7 Å². The molecule has 1 aromatic heterocycles. The maximum atomic E-state index is 9.65. The van der Waals surface area contributed by atoms with Gasteiger partial charge in [0, 0.05) is 0 Å². The van der Waals surface area contributed by atoms with Crippen LogP contribution in [0.3, 0.4) is 0 Å². The van der Waals surface area contributed by atoms with Crippen molar-refractivity contribution in [3.05, 3.63) is 41.4 Å². The van der Waals surface area contributed by atoms with E-state index in [4.69, 9.17) is 14.6 Å². The molecule has 1 heterocycles. The number of allylic oxidation sites excluding steroid dienone is 1. The smallest absolute Gasteiger partial charge is 0.130 e. The van der Waals surface area contributed by atoms with Gasteiger partial charge in [-0.15, -0.1) is 0 Å². The lowest BCUT2D eigenvalue weighted by molar-refractivity contribution is 0.211. The Morgan fingerprint density at radius 2 is 2.16 bits per heavy atom. The van der Waals surface area contributed by atoms with E-state index in [1.54, 1.807) is 18.2 Å². The Labute approximate surface area is 113 Å². The van der Waals surface area contributed by atoms with E-state index in [1.807, 2.05) is 12.1 Å². The van der Waals surface area contributed by atoms with E-state index in [0.29, 0.717) is 12.2 Å². The van der Waals surface area contributed by atoms with Crippen molar-refractivity contribution in [1.29, 1.82) is 0 Å². The molecule has 19 heavy (non-hydrogen) atoms. The summed E-state index contributed by atoms with van der Waals surface area (Å²) in [5.41, 5.74) is 1.18. The summed E-state index contributed by atoms with van der Waals surface area (Å²) in [7, 11) is 0. The standard InChI is InChI=1S/C15H22O4/c1-2-12(5-6-13(18)4-3-9-16)10-14-7-8-15(11-17)19-14/h3-4,7-8,10,13,16-18H,2,5-6,9,11H2,1H3/b4-3-,12-10+/t13-/m0/s1. The second-order valence-electron chi connectivity index (χ2n) is 4.34. The van der Waals surface area contributed by atoms with Gasteiger partial charge in [0.1, 0.15) is 18.1 Å². The molecule has 0 aliphatic carbocycles. The average Bonchev–Trinajstić information content (AvgIpc) is 2.88. The largest absolute Gasteiger partial charge is 0.459 e. The molecule has 0 aromatic carbocycles. The Bertz CT molecular complexity index is 418. The molecule has 0 unspecified atom stereocenters. The molecule has 0 spiro atoms. The summed E-state index contributed by atoms with van der Waals surface area (Å²) >= 11 is 0. The molecule has 0 aliphatic heterocycles. The Morgan fingerprint density at radius 3 is 2.74 bits per heavy atom. The third-order valence-electron chi connectivity index (χ3n) is 2.86. The van der Waals surface area contributed by atoms with Gasteiger partial charge in [-0.3, -0.25) is 0 Å². The molecule has 4 heteroatoms. The molecular formula is C15H22O4. The van der Waals surface area contributed by atoms with Crippen molar-refractivity contribution in [1.82, 2.24) is 0 Å². The highest BCUT2D eigenvalue weighted by atomic mass is 16.4. The zero-order valence-corrected chi connectivity index (χ0v) is 11.2. The van der Waals surface area contributed by atoms with Crippen LogP contribution in [-0.2, 0) is 6.61 Å². The number of furan rings is 1. The van der Waals surface area contributed by atoms with Gasteiger partial charge in [0.2, 0.25) is 0 Å². The van der Waals surface area contributed by atoms with Gasteiger partial charge in [-0.1, -0.05) is 24.6 Å². The average molecular weight is 266 g/mol. The fourth-order valence-corrected chi connectivity index (χ4v) is 1.76. The van der Waals surface area contributed by atoms with Crippen molar-refractivity contribution in [2.24, 2.45) is 0 Å². The normalized spacial score (nSPS) is 14.2. The van der Waals surface area contributed by atoms with Crippen LogP contribution in [0.25, 0.3) is 6.08 Å². The molecule has 1 rings (SSSR count). The van der Waals surface area contributed by atoms with Crippen molar-refractivity contribution in [3.63, 3.8) is 0 Å². The highest BCUT2D eigenvalue weighted by Crippen LogP contribution is 2.18. The van der Waals surface area contributed by atoms with E-state index in [1.165, 1.54) is 5.57 Å². The number of rotatable bonds is 8. The van der Waals surface area contributed by atoms with E-state index in [0.717, 1.165) is 18.6 Å². The number of hydrogen-bond acceptors (Lipinski definition) is 4. The van der Waals surface area contributed by atoms with Crippen LogP contribution < -0.4 is 0 Å². The summed E-state index contributed by atoms with van der Waals surface area (Å²) in [6.45, 7) is 1.90. The fraction of sp³-hybridized carbons (Fsp3) is 0.467. The molecule has 4 nitrogen and oxygen atoms in total. The lowest BCUT2D eigenvalue weighted by atomic mass is 10.0. The molecule has 0 fully saturated rings. The van der Waals surface area contributed by atoms with E-state index in [9.17, 15) is 5.11 Å². The molecule has 106 valence electrons. The molecule has 0 aliphatic rings. The van der Waals surface area contributed by atoms with Crippen molar-refractivity contribution in [2.45, 2.75) is 38.9 Å². The number of aliphatic hydroxyl groups is 3. The van der Waals surface area contributed by atoms with Gasteiger partial charge in [0.25, 0.3) is 0 Å². The monoisotopic (exact) mass is 266 g/mol. The molecule has 0 radical (unpaired) electrons. The topological polar surface area (TPSA) is 73.8 Å². The minimum absolute atomic E-state index is 0.0517. The Kier molecular flexibility index (Phi) is 7.18. The third kappa shape index (κ3) is 5.87. The van der Waals surface area contributed by atoms with Gasteiger partial charge >= 0.3 is 0 Å². The second kappa shape index (κ2) is 8.69. The van der Waals surface area contributed by atoms with Crippen LogP contribution in [0.15, 0.2) is 34.3 Å². The second-order valence-corrected chi connectivity index (χ2v) is 4.34. The molecule has 0 saturated heterocycles. The lowest BCUT2D eigenvalue weighted by Crippen LogP contribution is -2.02. The minimum atomic E-state index is -0.535. The highest BCUT2D eigenvalue weighted by Gasteiger charge is 2.04. The van der Waals surface area contributed by atoms with Crippen molar-refractivity contribution < 1.29 is 19.7 Å². The van der Waals surface area contributed by atoms with Crippen LogP contribution in [0.5, 0.6) is 0 Å². The van der Waals surface area contributed by atoms with E-state index in [2.05, 4.69) is 6.92 Å². The van der Waals surface area contributed by atoms with Gasteiger partial charge in [-0.2, -0.15) is 0 Å². The van der Waals surface area contributed by atoms with Crippen LogP contribution in [0.4, 0.5) is 0 Å². The molecule has 0 bridgehead atoms. The van der Waals surface area contributed by atoms with Crippen LogP contribution in [-0.4, -0.2) is 28.0 Å². The maximum absolute atomic E-state index is 9.65. The van der Waals surface area contributed by atoms with Crippen LogP contribution >= 0.6 is 0 Å². The molecular weight excluding hydrogens is 244 g/mol. The van der Waals surface area contributed by atoms with Gasteiger partial charge in [-0.05, 0) is 37.5 Å². The van der Waals surface area contributed by atoms with Crippen molar-refractivity contribution in [2.75, 3.05) is 6.61 Å². The van der Waals surface area contributed by atoms with Crippen LogP contribution in [0.1, 0.15) is 37.7 Å². The summed E-state index contributed by atoms with van der Waals surface area (Å²) < 4.78 is 5.40. The van der Waals surface area contributed by atoms with E-state index in [-0.39, 0.29) is 13.2 Å². The van der Waals surface area contributed by atoms with Crippen LogP contribution in [0, 0.1) is 0 Å². The first kappa shape index (κ1) is 15.7. The SMILES string of the molecule is CC/C(=C\c1ccc(CO)o1)CC[C@@H](O)/C=C\CO. The fourth-order valence-electron chi connectivity index (χ4n) is 1.76. The predicted octanol–water partition coefficient (Wildman–Crippen LogP) is 2.25. The summed E-state index contributed by atoms with van der Waals surface area (Å²) in [5, 5.41) is 27.2. The molecule has 3 N–H and O–H groups in total. The van der Waals surface area contributed by atoms with E-state index >= 15 is 0 Å². The predicted molar refractivity (Wildman–Crippen MR) is 74.4 cm³/mol. The van der Waals surface area contributed by atoms with Gasteiger partial charge in [-0.25, -0.2) is 0 Å². The van der Waals surface area contributed by atoms with Gasteiger partial charge in [0.05, 0.1) is 12.7 Å². The Hall–Kier alpha value is -1.36. The zero-order chi connectivity index (χ0) is 14.1. The highest BCUT2D eigenvalue weighted by molar-refractivity contribution is 5.47. The maximum Gasteiger partial charge on any atom is 0.130 e. The van der Waals surface area contributed by atoms with Crippen LogP contribution in [0.2, 0.25) is 0 Å². The Morgan fingerprint density at radius 1 is 1.37 bits per heavy atom. The first-order chi connectivity index (χ1) is 9.19. The minimum Gasteiger partial charge on any atom is -0.459 e. The molecule has 1 aromatic rings. The van der Waals surface area contributed by atoms with Crippen molar-refractivity contribution in [3.8, 4) is 0 Å². The quantitative estimate of drug-likeness (QED) is 0.631. The first-order valence-corrected chi connectivity index (χ1v) is 6.54.